The molecule has 0 saturated carbocycles. The van der Waals surface area contributed by atoms with Gasteiger partial charge in [-0.15, -0.1) is 0 Å². The van der Waals surface area contributed by atoms with Crippen molar-refractivity contribution in [3.05, 3.63) is 164 Å². The largest absolute Gasteiger partial charge is 0.458 e. The van der Waals surface area contributed by atoms with E-state index in [4.69, 9.17) is 9.47 Å². The molecule has 10 rings (SSSR count). The van der Waals surface area contributed by atoms with Gasteiger partial charge in [0.05, 0.1) is 11.4 Å². The molecule has 0 aliphatic carbocycles. The summed E-state index contributed by atoms with van der Waals surface area (Å²) < 4.78 is 12.9. The monoisotopic (exact) mass is 599 g/mol. The van der Waals surface area contributed by atoms with Crippen molar-refractivity contribution in [1.29, 1.82) is 0 Å². The SMILES string of the molecule is c1cc(B2c3ccccc3Oc3ccccc32)cc(-c2ccccc2B2c3ccccc3N3c4ccccc4Oc4cccc2c43)c1. The molecule has 3 nitrogen and oxygen atoms in total. The average Bonchev–Trinajstić information content (AvgIpc) is 3.14. The van der Waals surface area contributed by atoms with E-state index in [-0.39, 0.29) is 13.4 Å². The fourth-order valence-electron chi connectivity index (χ4n) is 7.92. The molecular formula is C42H27B2NO2. The highest BCUT2D eigenvalue weighted by Gasteiger charge is 2.40. The summed E-state index contributed by atoms with van der Waals surface area (Å²) >= 11 is 0. The average molecular weight is 599 g/mol. The van der Waals surface area contributed by atoms with Crippen molar-refractivity contribution in [2.24, 2.45) is 0 Å². The van der Waals surface area contributed by atoms with Crippen molar-refractivity contribution >= 4 is 63.3 Å². The van der Waals surface area contributed by atoms with E-state index in [9.17, 15) is 0 Å². The molecule has 0 saturated heterocycles. The Morgan fingerprint density at radius 3 is 1.72 bits per heavy atom. The van der Waals surface area contributed by atoms with E-state index >= 15 is 0 Å². The minimum Gasteiger partial charge on any atom is -0.458 e. The number of fused-ring (bicyclic) bond motifs is 6. The third kappa shape index (κ3) is 3.96. The number of para-hydroxylation sites is 6. The number of nitrogens with zero attached hydrogens (tertiary/aromatic N) is 1. The number of hydrogen-bond acceptors (Lipinski definition) is 3. The van der Waals surface area contributed by atoms with Crippen molar-refractivity contribution in [3.63, 3.8) is 0 Å². The molecule has 0 amide bonds. The van der Waals surface area contributed by atoms with Crippen LogP contribution in [0.3, 0.4) is 0 Å². The highest BCUT2D eigenvalue weighted by atomic mass is 16.5. The van der Waals surface area contributed by atoms with E-state index in [2.05, 4.69) is 150 Å². The standard InChI is InChI=1S/C42H27B2NO2/c1-2-16-31(44-32-17-3-6-21-36(32)45-37-22-7-10-25-40(37)47-41-26-12-20-35(44)42(41)45)30(15-1)28-13-11-14-29(27-28)43-33-18-4-8-23-38(33)46-39-24-9-5-19-34(39)43/h1-27H. The molecule has 3 aliphatic heterocycles. The molecular weight excluding hydrogens is 572 g/mol. The minimum absolute atomic E-state index is 0.0238. The first-order chi connectivity index (χ1) is 23.3. The highest BCUT2D eigenvalue weighted by Crippen LogP contribution is 2.50. The maximum absolute atomic E-state index is 6.53. The van der Waals surface area contributed by atoms with Crippen LogP contribution in [-0.4, -0.2) is 13.4 Å². The summed E-state index contributed by atoms with van der Waals surface area (Å²) in [6.07, 6.45) is 0. The van der Waals surface area contributed by atoms with Gasteiger partial charge in [-0.1, -0.05) is 138 Å². The summed E-state index contributed by atoms with van der Waals surface area (Å²) in [5.74, 6) is 3.60. The predicted molar refractivity (Wildman–Crippen MR) is 195 cm³/mol. The molecule has 3 heterocycles. The lowest BCUT2D eigenvalue weighted by molar-refractivity contribution is 0.477. The molecule has 0 bridgehead atoms. The molecule has 5 heteroatoms. The Morgan fingerprint density at radius 2 is 0.936 bits per heavy atom. The normalized spacial score (nSPS) is 13.3. The summed E-state index contributed by atoms with van der Waals surface area (Å²) in [6.45, 7) is 0.0984. The second kappa shape index (κ2) is 10.3. The summed E-state index contributed by atoms with van der Waals surface area (Å²) in [4.78, 5) is 2.39. The van der Waals surface area contributed by atoms with Gasteiger partial charge in [-0.3, -0.25) is 0 Å². The first-order valence-corrected chi connectivity index (χ1v) is 16.2. The van der Waals surface area contributed by atoms with Gasteiger partial charge in [0.15, 0.2) is 11.5 Å². The van der Waals surface area contributed by atoms with Gasteiger partial charge in [-0.25, -0.2) is 0 Å². The molecule has 218 valence electrons. The Kier molecular flexibility index (Phi) is 5.76. The van der Waals surface area contributed by atoms with Crippen LogP contribution in [0.1, 0.15) is 0 Å². The van der Waals surface area contributed by atoms with E-state index in [1.165, 1.54) is 49.6 Å². The maximum atomic E-state index is 6.53. The second-order valence-electron chi connectivity index (χ2n) is 12.4. The van der Waals surface area contributed by atoms with E-state index in [0.29, 0.717) is 0 Å². The zero-order valence-corrected chi connectivity index (χ0v) is 25.5. The number of hydrogen-bond donors (Lipinski definition) is 0. The van der Waals surface area contributed by atoms with Crippen LogP contribution in [-0.2, 0) is 0 Å². The Hall–Kier alpha value is -5.93. The van der Waals surface area contributed by atoms with Gasteiger partial charge < -0.3 is 14.4 Å². The molecule has 0 radical (unpaired) electrons. The first kappa shape index (κ1) is 26.3. The van der Waals surface area contributed by atoms with E-state index < -0.39 is 0 Å². The zero-order chi connectivity index (χ0) is 30.9. The van der Waals surface area contributed by atoms with Gasteiger partial charge in [0.25, 0.3) is 6.71 Å². The van der Waals surface area contributed by atoms with Crippen LogP contribution in [0.4, 0.5) is 17.1 Å². The van der Waals surface area contributed by atoms with Crippen LogP contribution in [0, 0.1) is 0 Å². The van der Waals surface area contributed by atoms with E-state index in [1.54, 1.807) is 0 Å². The first-order valence-electron chi connectivity index (χ1n) is 16.2. The van der Waals surface area contributed by atoms with Crippen molar-refractivity contribution in [2.45, 2.75) is 0 Å². The molecule has 7 aromatic rings. The van der Waals surface area contributed by atoms with Crippen LogP contribution in [0.5, 0.6) is 23.0 Å². The van der Waals surface area contributed by atoms with Gasteiger partial charge >= 0.3 is 0 Å². The molecule has 47 heavy (non-hydrogen) atoms. The lowest BCUT2D eigenvalue weighted by Crippen LogP contribution is -2.58. The molecule has 3 aliphatic rings. The summed E-state index contributed by atoms with van der Waals surface area (Å²) in [5.41, 5.74) is 13.2. The molecule has 0 N–H and O–H groups in total. The van der Waals surface area contributed by atoms with Crippen LogP contribution in [0.25, 0.3) is 11.1 Å². The number of benzene rings is 7. The van der Waals surface area contributed by atoms with Gasteiger partial charge in [0, 0.05) is 5.69 Å². The molecule has 0 unspecified atom stereocenters. The van der Waals surface area contributed by atoms with Crippen LogP contribution < -0.4 is 47.2 Å². The molecule has 7 aromatic carbocycles. The third-order valence-electron chi connectivity index (χ3n) is 9.86. The summed E-state index contributed by atoms with van der Waals surface area (Å²) in [5, 5.41) is 0. The van der Waals surface area contributed by atoms with Crippen LogP contribution in [0.2, 0.25) is 0 Å². The third-order valence-corrected chi connectivity index (χ3v) is 9.86. The van der Waals surface area contributed by atoms with Gasteiger partial charge in [0.2, 0.25) is 6.71 Å². The van der Waals surface area contributed by atoms with E-state index in [0.717, 1.165) is 34.4 Å². The maximum Gasteiger partial charge on any atom is 0.250 e. The Morgan fingerprint density at radius 1 is 0.383 bits per heavy atom. The van der Waals surface area contributed by atoms with E-state index in [1.807, 2.05) is 18.2 Å². The lowest BCUT2D eigenvalue weighted by Gasteiger charge is -2.41. The Bertz CT molecular complexity index is 2320. The fraction of sp³-hybridized carbons (Fsp3) is 0. The van der Waals surface area contributed by atoms with Crippen LogP contribution >= 0.6 is 0 Å². The predicted octanol–water partition coefficient (Wildman–Crippen LogP) is 6.38. The summed E-state index contributed by atoms with van der Waals surface area (Å²) in [7, 11) is 0. The number of anilines is 3. The minimum atomic E-state index is 0.0238. The number of rotatable bonds is 3. The second-order valence-corrected chi connectivity index (χ2v) is 12.4. The lowest BCUT2D eigenvalue weighted by atomic mass is 9.34. The van der Waals surface area contributed by atoms with Crippen molar-refractivity contribution in [2.75, 3.05) is 4.90 Å². The smallest absolute Gasteiger partial charge is 0.250 e. The number of ether oxygens (including phenoxy) is 2. The van der Waals surface area contributed by atoms with Crippen molar-refractivity contribution in [3.8, 4) is 34.1 Å². The Labute approximate surface area is 274 Å². The van der Waals surface area contributed by atoms with Gasteiger partial charge in [-0.2, -0.15) is 0 Å². The van der Waals surface area contributed by atoms with Gasteiger partial charge in [-0.05, 0) is 69.4 Å². The van der Waals surface area contributed by atoms with Crippen molar-refractivity contribution in [1.82, 2.24) is 0 Å². The summed E-state index contributed by atoms with van der Waals surface area (Å²) in [6, 6.07) is 58.5. The quantitative estimate of drug-likeness (QED) is 0.220. The topological polar surface area (TPSA) is 21.7 Å². The van der Waals surface area contributed by atoms with Gasteiger partial charge in [0.1, 0.15) is 11.5 Å². The fourth-order valence-corrected chi connectivity index (χ4v) is 7.92. The Balaban J connectivity index is 1.16. The zero-order valence-electron chi connectivity index (χ0n) is 25.5. The molecule has 0 atom stereocenters. The molecule has 0 aromatic heterocycles. The van der Waals surface area contributed by atoms with Crippen molar-refractivity contribution < 1.29 is 9.47 Å². The molecule has 0 fully saturated rings. The van der Waals surface area contributed by atoms with Crippen LogP contribution in [0.15, 0.2) is 164 Å². The highest BCUT2D eigenvalue weighted by molar-refractivity contribution is 6.99. The molecule has 0 spiro atoms.